The fourth-order valence-electron chi connectivity index (χ4n) is 5.57. The van der Waals surface area contributed by atoms with Crippen molar-refractivity contribution in [2.75, 3.05) is 9.80 Å². The first kappa shape index (κ1) is 19.5. The molecule has 7 rings (SSSR count). The molecule has 0 aromatic heterocycles. The van der Waals surface area contributed by atoms with Crippen molar-refractivity contribution in [3.8, 4) is 0 Å². The van der Waals surface area contributed by atoms with Crippen LogP contribution in [0.15, 0.2) is 121 Å². The van der Waals surface area contributed by atoms with Gasteiger partial charge in [0.25, 0.3) is 6.71 Å². The fraction of sp³-hybridized carbons (Fsp3) is 0. The van der Waals surface area contributed by atoms with E-state index in [0.717, 1.165) is 22.1 Å². The van der Waals surface area contributed by atoms with Gasteiger partial charge < -0.3 is 9.80 Å². The number of fused-ring (bicyclic) bond motifs is 4. The SMILES string of the molecule is Clc1ccc2c(c1)N(c1ccccc1)c1cccc3c1B2c1ccccc1N3c1ccccc1. The summed E-state index contributed by atoms with van der Waals surface area (Å²) in [7, 11) is 0. The van der Waals surface area contributed by atoms with E-state index < -0.39 is 0 Å². The van der Waals surface area contributed by atoms with Crippen LogP contribution in [0.3, 0.4) is 0 Å². The number of halogens is 1. The number of hydrogen-bond acceptors (Lipinski definition) is 2. The van der Waals surface area contributed by atoms with E-state index >= 15 is 0 Å². The maximum atomic E-state index is 6.56. The van der Waals surface area contributed by atoms with Crippen LogP contribution < -0.4 is 26.2 Å². The molecule has 0 saturated heterocycles. The molecule has 0 amide bonds. The lowest BCUT2D eigenvalue weighted by Crippen LogP contribution is -2.61. The Morgan fingerprint density at radius 2 is 1.00 bits per heavy atom. The first-order chi connectivity index (χ1) is 16.8. The lowest BCUT2D eigenvalue weighted by molar-refractivity contribution is 1.25. The third-order valence-corrected chi connectivity index (χ3v) is 7.13. The minimum Gasteiger partial charge on any atom is -0.311 e. The van der Waals surface area contributed by atoms with Crippen molar-refractivity contribution in [3.63, 3.8) is 0 Å². The Morgan fingerprint density at radius 3 is 1.68 bits per heavy atom. The van der Waals surface area contributed by atoms with E-state index in [2.05, 4.69) is 125 Å². The maximum Gasteiger partial charge on any atom is 0.252 e. The second-order valence-electron chi connectivity index (χ2n) is 8.75. The Labute approximate surface area is 204 Å². The Morgan fingerprint density at radius 1 is 0.471 bits per heavy atom. The van der Waals surface area contributed by atoms with E-state index in [1.807, 2.05) is 6.07 Å². The van der Waals surface area contributed by atoms with E-state index in [-0.39, 0.29) is 6.71 Å². The molecule has 0 radical (unpaired) electrons. The van der Waals surface area contributed by atoms with Gasteiger partial charge >= 0.3 is 0 Å². The van der Waals surface area contributed by atoms with E-state index in [1.54, 1.807) is 0 Å². The first-order valence-electron chi connectivity index (χ1n) is 11.5. The second kappa shape index (κ2) is 7.54. The number of rotatable bonds is 2. The summed E-state index contributed by atoms with van der Waals surface area (Å²) in [4.78, 5) is 4.75. The van der Waals surface area contributed by atoms with Crippen LogP contribution in [-0.4, -0.2) is 6.71 Å². The smallest absolute Gasteiger partial charge is 0.252 e. The third kappa shape index (κ3) is 2.77. The Bertz CT molecular complexity index is 1530. The molecule has 34 heavy (non-hydrogen) atoms. The minimum atomic E-state index is 0.134. The normalized spacial score (nSPS) is 13.3. The highest BCUT2D eigenvalue weighted by Gasteiger charge is 2.42. The van der Waals surface area contributed by atoms with Crippen molar-refractivity contribution >= 4 is 68.8 Å². The van der Waals surface area contributed by atoms with Crippen molar-refractivity contribution in [3.05, 3.63) is 126 Å². The summed E-state index contributed by atoms with van der Waals surface area (Å²) in [5.74, 6) is 0. The van der Waals surface area contributed by atoms with Crippen molar-refractivity contribution < 1.29 is 0 Å². The highest BCUT2D eigenvalue weighted by Crippen LogP contribution is 2.43. The monoisotopic (exact) mass is 454 g/mol. The summed E-state index contributed by atoms with van der Waals surface area (Å²) in [6.45, 7) is 0.134. The number of anilines is 6. The molecule has 2 nitrogen and oxygen atoms in total. The Balaban J connectivity index is 1.59. The first-order valence-corrected chi connectivity index (χ1v) is 11.9. The average Bonchev–Trinajstić information content (AvgIpc) is 2.89. The molecule has 0 saturated carbocycles. The average molecular weight is 455 g/mol. The summed E-state index contributed by atoms with van der Waals surface area (Å²) in [6.07, 6.45) is 0. The van der Waals surface area contributed by atoms with Crippen molar-refractivity contribution in [1.29, 1.82) is 0 Å². The molecule has 0 unspecified atom stereocenters. The maximum absolute atomic E-state index is 6.56. The van der Waals surface area contributed by atoms with Gasteiger partial charge in [-0.1, -0.05) is 78.3 Å². The minimum absolute atomic E-state index is 0.134. The number of para-hydroxylation sites is 3. The van der Waals surface area contributed by atoms with Crippen LogP contribution in [0.4, 0.5) is 34.1 Å². The molecule has 0 N–H and O–H groups in total. The van der Waals surface area contributed by atoms with Gasteiger partial charge in [-0.3, -0.25) is 0 Å². The largest absolute Gasteiger partial charge is 0.311 e. The predicted molar refractivity (Wildman–Crippen MR) is 145 cm³/mol. The van der Waals surface area contributed by atoms with Gasteiger partial charge in [-0.25, -0.2) is 0 Å². The second-order valence-corrected chi connectivity index (χ2v) is 9.18. The standard InChI is InChI=1S/C30H20BClN2/c32-21-18-19-25-29(20-21)34(23-12-5-2-6-13-23)28-17-9-16-27-30(28)31(25)24-14-7-8-15-26(24)33(27)22-10-3-1-4-11-22/h1-20H. The van der Waals surface area contributed by atoms with Gasteiger partial charge in [0.1, 0.15) is 0 Å². The number of benzene rings is 5. The topological polar surface area (TPSA) is 6.48 Å². The molecule has 5 aromatic carbocycles. The molecular formula is C30H20BClN2. The van der Waals surface area contributed by atoms with Gasteiger partial charge in [0.15, 0.2) is 0 Å². The van der Waals surface area contributed by atoms with Crippen LogP contribution in [-0.2, 0) is 0 Å². The number of nitrogens with zero attached hydrogens (tertiary/aromatic N) is 2. The molecule has 160 valence electrons. The number of hydrogen-bond donors (Lipinski definition) is 0. The van der Waals surface area contributed by atoms with Crippen LogP contribution in [0.2, 0.25) is 5.02 Å². The van der Waals surface area contributed by atoms with Crippen LogP contribution in [0, 0.1) is 0 Å². The molecule has 5 aromatic rings. The van der Waals surface area contributed by atoms with Crippen LogP contribution in [0.25, 0.3) is 0 Å². The van der Waals surface area contributed by atoms with E-state index in [0.29, 0.717) is 0 Å². The summed E-state index contributed by atoms with van der Waals surface area (Å²) in [5, 5.41) is 0.745. The molecule has 0 atom stereocenters. The molecule has 2 heterocycles. The van der Waals surface area contributed by atoms with Crippen LogP contribution >= 0.6 is 11.6 Å². The van der Waals surface area contributed by atoms with E-state index in [4.69, 9.17) is 11.6 Å². The zero-order valence-corrected chi connectivity index (χ0v) is 19.2. The van der Waals surface area contributed by atoms with E-state index in [1.165, 1.54) is 33.5 Å². The highest BCUT2D eigenvalue weighted by atomic mass is 35.5. The van der Waals surface area contributed by atoms with Crippen molar-refractivity contribution in [2.45, 2.75) is 0 Å². The van der Waals surface area contributed by atoms with Crippen LogP contribution in [0.5, 0.6) is 0 Å². The zero-order chi connectivity index (χ0) is 22.6. The molecule has 2 aliphatic heterocycles. The van der Waals surface area contributed by atoms with Gasteiger partial charge in [-0.2, -0.15) is 0 Å². The fourth-order valence-corrected chi connectivity index (χ4v) is 5.73. The predicted octanol–water partition coefficient (Wildman–Crippen LogP) is 6.42. The molecule has 4 heteroatoms. The Hall–Kier alpha value is -3.95. The van der Waals surface area contributed by atoms with Crippen LogP contribution in [0.1, 0.15) is 0 Å². The van der Waals surface area contributed by atoms with Gasteiger partial charge in [0.2, 0.25) is 0 Å². The molecular weight excluding hydrogens is 435 g/mol. The third-order valence-electron chi connectivity index (χ3n) is 6.89. The summed E-state index contributed by atoms with van der Waals surface area (Å²) >= 11 is 6.56. The van der Waals surface area contributed by atoms with Gasteiger partial charge in [-0.05, 0) is 71.0 Å². The lowest BCUT2D eigenvalue weighted by atomic mass is 9.33. The molecule has 0 fully saturated rings. The molecule has 0 spiro atoms. The van der Waals surface area contributed by atoms with Gasteiger partial charge in [-0.15, -0.1) is 0 Å². The summed E-state index contributed by atoms with van der Waals surface area (Å²) < 4.78 is 0. The van der Waals surface area contributed by atoms with Gasteiger partial charge in [0, 0.05) is 39.1 Å². The Kier molecular flexibility index (Phi) is 4.33. The summed E-state index contributed by atoms with van der Waals surface area (Å²) in [5.41, 5.74) is 11.0. The van der Waals surface area contributed by atoms with Crippen molar-refractivity contribution in [1.82, 2.24) is 0 Å². The molecule has 0 bridgehead atoms. The quantitative estimate of drug-likeness (QED) is 0.278. The van der Waals surface area contributed by atoms with Gasteiger partial charge in [0.05, 0.1) is 0 Å². The molecule has 2 aliphatic rings. The lowest BCUT2D eigenvalue weighted by Gasteiger charge is -2.44. The zero-order valence-electron chi connectivity index (χ0n) is 18.4. The summed E-state index contributed by atoms with van der Waals surface area (Å²) in [6, 6.07) is 43.0. The van der Waals surface area contributed by atoms with Crippen molar-refractivity contribution in [2.24, 2.45) is 0 Å². The highest BCUT2D eigenvalue weighted by molar-refractivity contribution is 7.00. The van der Waals surface area contributed by atoms with E-state index in [9.17, 15) is 0 Å². The molecule has 0 aliphatic carbocycles.